The van der Waals surface area contributed by atoms with Crippen molar-refractivity contribution in [3.05, 3.63) is 35.9 Å². The molecule has 0 aliphatic heterocycles. The van der Waals surface area contributed by atoms with E-state index in [0.29, 0.717) is 25.2 Å². The highest BCUT2D eigenvalue weighted by Crippen LogP contribution is 2.20. The van der Waals surface area contributed by atoms with Crippen LogP contribution in [0.15, 0.2) is 30.3 Å². The average Bonchev–Trinajstić information content (AvgIpc) is 2.86. The zero-order valence-electron chi connectivity index (χ0n) is 25.7. The third-order valence-electron chi connectivity index (χ3n) is 7.20. The highest BCUT2D eigenvalue weighted by Gasteiger charge is 2.32. The molecule has 0 aliphatic rings. The standard InChI is InChI=1S/C31H53N5O4/c1-18(2)16-24(34-30(39)25(32)19(3)4)15-14-23(17-22-12-10-9-11-13-22)29(38)36-27(21(7)8)31(40)35-26(20(5)6)28(33)37/h9-13,18-21,23-27H,14-17,32H2,1-8H3,(H2,33,37)(H,34,39)(H,35,40)(H,36,38)/t23-,24+,25-,26-,27-/m0/s1. The number of primary amides is 1. The maximum absolute atomic E-state index is 13.7. The van der Waals surface area contributed by atoms with Gasteiger partial charge in [-0.1, -0.05) is 85.7 Å². The van der Waals surface area contributed by atoms with E-state index < -0.39 is 35.9 Å². The van der Waals surface area contributed by atoms with E-state index in [1.54, 1.807) is 13.8 Å². The van der Waals surface area contributed by atoms with Crippen LogP contribution in [-0.2, 0) is 25.6 Å². The molecule has 1 aromatic rings. The first kappa shape index (κ1) is 35.1. The van der Waals surface area contributed by atoms with Crippen molar-refractivity contribution < 1.29 is 19.2 Å². The molecule has 1 rings (SSSR count). The lowest BCUT2D eigenvalue weighted by atomic mass is 9.89. The Labute approximate surface area is 241 Å². The number of carbonyl (C=O) groups is 4. The third-order valence-corrected chi connectivity index (χ3v) is 7.20. The van der Waals surface area contributed by atoms with Crippen LogP contribution < -0.4 is 27.4 Å². The van der Waals surface area contributed by atoms with Crippen molar-refractivity contribution >= 4 is 23.6 Å². The molecule has 9 heteroatoms. The molecule has 0 saturated carbocycles. The molecule has 0 bridgehead atoms. The number of hydrogen-bond donors (Lipinski definition) is 5. The Morgan fingerprint density at radius 2 is 1.25 bits per heavy atom. The topological polar surface area (TPSA) is 156 Å². The van der Waals surface area contributed by atoms with Crippen molar-refractivity contribution in [1.29, 1.82) is 0 Å². The number of nitrogens with one attached hydrogen (secondary N) is 3. The molecule has 40 heavy (non-hydrogen) atoms. The van der Waals surface area contributed by atoms with Crippen LogP contribution in [0.2, 0.25) is 0 Å². The largest absolute Gasteiger partial charge is 0.368 e. The van der Waals surface area contributed by atoms with E-state index >= 15 is 0 Å². The number of nitrogens with two attached hydrogens (primary N) is 2. The summed E-state index contributed by atoms with van der Waals surface area (Å²) in [5, 5.41) is 8.77. The highest BCUT2D eigenvalue weighted by atomic mass is 16.2. The molecule has 226 valence electrons. The molecule has 4 amide bonds. The van der Waals surface area contributed by atoms with E-state index in [-0.39, 0.29) is 35.6 Å². The number of carbonyl (C=O) groups excluding carboxylic acids is 4. The molecule has 9 nitrogen and oxygen atoms in total. The summed E-state index contributed by atoms with van der Waals surface area (Å²) in [5.41, 5.74) is 12.6. The summed E-state index contributed by atoms with van der Waals surface area (Å²) >= 11 is 0. The Balaban J connectivity index is 3.13. The monoisotopic (exact) mass is 559 g/mol. The number of hydrogen-bond acceptors (Lipinski definition) is 5. The fraction of sp³-hybridized carbons (Fsp3) is 0.677. The molecule has 0 heterocycles. The van der Waals surface area contributed by atoms with E-state index in [1.165, 1.54) is 0 Å². The summed E-state index contributed by atoms with van der Waals surface area (Å²) in [6.07, 6.45) is 2.35. The molecule has 7 N–H and O–H groups in total. The Hall–Kier alpha value is -2.94. The summed E-state index contributed by atoms with van der Waals surface area (Å²) < 4.78 is 0. The van der Waals surface area contributed by atoms with Gasteiger partial charge in [-0.2, -0.15) is 0 Å². The molecule has 5 atom stereocenters. The molecule has 0 aromatic heterocycles. The van der Waals surface area contributed by atoms with Crippen molar-refractivity contribution in [2.45, 2.75) is 105 Å². The Morgan fingerprint density at radius 3 is 1.73 bits per heavy atom. The predicted octanol–water partition coefficient (Wildman–Crippen LogP) is 2.91. The smallest absolute Gasteiger partial charge is 0.243 e. The minimum Gasteiger partial charge on any atom is -0.368 e. The van der Waals surface area contributed by atoms with Crippen LogP contribution in [0.1, 0.15) is 80.2 Å². The van der Waals surface area contributed by atoms with Crippen LogP contribution in [-0.4, -0.2) is 47.8 Å². The molecule has 0 saturated heterocycles. The zero-order valence-corrected chi connectivity index (χ0v) is 25.7. The Bertz CT molecular complexity index is 948. The minimum atomic E-state index is -0.832. The Kier molecular flexibility index (Phi) is 14.9. The van der Waals surface area contributed by atoms with Crippen LogP contribution in [0, 0.1) is 29.6 Å². The molecule has 0 aliphatic carbocycles. The van der Waals surface area contributed by atoms with Gasteiger partial charge in [-0.3, -0.25) is 19.2 Å². The lowest BCUT2D eigenvalue weighted by molar-refractivity contribution is -0.134. The van der Waals surface area contributed by atoms with Gasteiger partial charge in [0.25, 0.3) is 0 Å². The summed E-state index contributed by atoms with van der Waals surface area (Å²) in [7, 11) is 0. The molecular weight excluding hydrogens is 506 g/mol. The van der Waals surface area contributed by atoms with Gasteiger partial charge in [0.1, 0.15) is 12.1 Å². The lowest BCUT2D eigenvalue weighted by Gasteiger charge is -2.29. The molecule has 0 radical (unpaired) electrons. The van der Waals surface area contributed by atoms with E-state index in [1.807, 2.05) is 58.0 Å². The summed E-state index contributed by atoms with van der Waals surface area (Å²) in [5.74, 6) is -1.96. The SMILES string of the molecule is CC(C)C[C@@H](CC[C@@H](Cc1ccccc1)C(=O)N[C@H](C(=O)N[C@H](C(N)=O)C(C)C)C(C)C)NC(=O)[C@@H](N)C(C)C. The molecular formula is C31H53N5O4. The highest BCUT2D eigenvalue weighted by molar-refractivity contribution is 5.92. The van der Waals surface area contributed by atoms with Crippen molar-refractivity contribution in [2.24, 2.45) is 41.1 Å². The fourth-order valence-electron chi connectivity index (χ4n) is 4.66. The van der Waals surface area contributed by atoms with Crippen LogP contribution in [0.3, 0.4) is 0 Å². The van der Waals surface area contributed by atoms with Gasteiger partial charge in [0.05, 0.1) is 6.04 Å². The van der Waals surface area contributed by atoms with Gasteiger partial charge in [-0.25, -0.2) is 0 Å². The second-order valence-corrected chi connectivity index (χ2v) is 12.4. The molecule has 0 spiro atoms. The first-order valence-electron chi connectivity index (χ1n) is 14.6. The van der Waals surface area contributed by atoms with Crippen LogP contribution in [0.5, 0.6) is 0 Å². The first-order chi connectivity index (χ1) is 18.6. The van der Waals surface area contributed by atoms with E-state index in [9.17, 15) is 19.2 Å². The predicted molar refractivity (Wildman–Crippen MR) is 160 cm³/mol. The van der Waals surface area contributed by atoms with E-state index in [0.717, 1.165) is 12.0 Å². The summed E-state index contributed by atoms with van der Waals surface area (Å²) in [6, 6.07) is 7.34. The number of benzene rings is 1. The van der Waals surface area contributed by atoms with Gasteiger partial charge < -0.3 is 27.4 Å². The van der Waals surface area contributed by atoms with Gasteiger partial charge in [0, 0.05) is 12.0 Å². The van der Waals surface area contributed by atoms with Gasteiger partial charge in [0.15, 0.2) is 0 Å². The van der Waals surface area contributed by atoms with Gasteiger partial charge in [0.2, 0.25) is 23.6 Å². The fourth-order valence-corrected chi connectivity index (χ4v) is 4.66. The second kappa shape index (κ2) is 17.0. The van der Waals surface area contributed by atoms with Crippen molar-refractivity contribution in [2.75, 3.05) is 0 Å². The van der Waals surface area contributed by atoms with E-state index in [2.05, 4.69) is 29.8 Å². The average molecular weight is 560 g/mol. The molecule has 1 aromatic carbocycles. The number of rotatable bonds is 17. The second-order valence-electron chi connectivity index (χ2n) is 12.4. The van der Waals surface area contributed by atoms with Gasteiger partial charge >= 0.3 is 0 Å². The van der Waals surface area contributed by atoms with Crippen molar-refractivity contribution in [3.8, 4) is 0 Å². The number of amides is 4. The molecule has 0 unspecified atom stereocenters. The zero-order chi connectivity index (χ0) is 30.6. The Morgan fingerprint density at radius 1 is 0.700 bits per heavy atom. The van der Waals surface area contributed by atoms with Gasteiger partial charge in [-0.05, 0) is 54.9 Å². The normalized spacial score (nSPS) is 15.4. The quantitative estimate of drug-likeness (QED) is 0.198. The summed E-state index contributed by atoms with van der Waals surface area (Å²) in [4.78, 5) is 51.4. The molecule has 0 fully saturated rings. The maximum atomic E-state index is 13.7. The van der Waals surface area contributed by atoms with Crippen LogP contribution in [0.4, 0.5) is 0 Å². The minimum absolute atomic E-state index is 0.0141. The lowest BCUT2D eigenvalue weighted by Crippen LogP contribution is -2.57. The van der Waals surface area contributed by atoms with Crippen LogP contribution in [0.25, 0.3) is 0 Å². The third kappa shape index (κ3) is 12.1. The summed E-state index contributed by atoms with van der Waals surface area (Å²) in [6.45, 7) is 15.3. The van der Waals surface area contributed by atoms with Crippen LogP contribution >= 0.6 is 0 Å². The maximum Gasteiger partial charge on any atom is 0.243 e. The van der Waals surface area contributed by atoms with Crippen molar-refractivity contribution in [3.63, 3.8) is 0 Å². The van der Waals surface area contributed by atoms with Crippen molar-refractivity contribution in [1.82, 2.24) is 16.0 Å². The first-order valence-corrected chi connectivity index (χ1v) is 14.6. The van der Waals surface area contributed by atoms with Gasteiger partial charge in [-0.15, -0.1) is 0 Å². The van der Waals surface area contributed by atoms with E-state index in [4.69, 9.17) is 11.5 Å².